The summed E-state index contributed by atoms with van der Waals surface area (Å²) >= 11 is 5.67. The van der Waals surface area contributed by atoms with Crippen molar-refractivity contribution >= 4 is 29.0 Å². The SMILES string of the molecule is CNc1cc(C(=O)Nc2cccc(Cl)c2F)cc(C)n1. The Morgan fingerprint density at radius 2 is 2.10 bits per heavy atom. The van der Waals surface area contributed by atoms with Crippen molar-refractivity contribution in [3.05, 3.63) is 52.4 Å². The van der Waals surface area contributed by atoms with Gasteiger partial charge in [-0.25, -0.2) is 9.37 Å². The number of pyridine rings is 1. The zero-order valence-corrected chi connectivity index (χ0v) is 11.8. The van der Waals surface area contributed by atoms with Crippen LogP contribution in [0.3, 0.4) is 0 Å². The molecule has 0 saturated heterocycles. The van der Waals surface area contributed by atoms with Crippen LogP contribution in [0.5, 0.6) is 0 Å². The molecule has 0 spiro atoms. The molecule has 1 aromatic heterocycles. The van der Waals surface area contributed by atoms with Gasteiger partial charge in [0.2, 0.25) is 0 Å². The van der Waals surface area contributed by atoms with Crippen molar-refractivity contribution in [3.63, 3.8) is 0 Å². The first-order valence-corrected chi connectivity index (χ1v) is 6.31. The van der Waals surface area contributed by atoms with Gasteiger partial charge in [0, 0.05) is 18.3 Å². The number of amides is 1. The maximum Gasteiger partial charge on any atom is 0.255 e. The number of hydrogen-bond donors (Lipinski definition) is 2. The maximum atomic E-state index is 13.7. The summed E-state index contributed by atoms with van der Waals surface area (Å²) < 4.78 is 13.7. The normalized spacial score (nSPS) is 10.2. The topological polar surface area (TPSA) is 54.0 Å². The Kier molecular flexibility index (Phi) is 4.20. The standard InChI is InChI=1S/C14H13ClFN3O/c1-8-6-9(7-12(17-2)18-8)14(20)19-11-5-3-4-10(15)13(11)16/h3-7H,1-2H3,(H,17,18)(H,19,20). The molecule has 4 nitrogen and oxygen atoms in total. The Morgan fingerprint density at radius 3 is 2.80 bits per heavy atom. The monoisotopic (exact) mass is 293 g/mol. The minimum Gasteiger partial charge on any atom is -0.373 e. The van der Waals surface area contributed by atoms with E-state index < -0.39 is 11.7 Å². The molecule has 0 saturated carbocycles. The largest absolute Gasteiger partial charge is 0.373 e. The fourth-order valence-corrected chi connectivity index (χ4v) is 1.90. The van der Waals surface area contributed by atoms with E-state index in [-0.39, 0.29) is 10.7 Å². The van der Waals surface area contributed by atoms with Crippen LogP contribution in [0.25, 0.3) is 0 Å². The van der Waals surface area contributed by atoms with Crippen LogP contribution in [0, 0.1) is 12.7 Å². The van der Waals surface area contributed by atoms with Crippen molar-refractivity contribution in [2.24, 2.45) is 0 Å². The van der Waals surface area contributed by atoms with Crippen molar-refractivity contribution in [1.82, 2.24) is 4.98 Å². The molecular weight excluding hydrogens is 281 g/mol. The Bertz CT molecular complexity index is 661. The van der Waals surface area contributed by atoms with Gasteiger partial charge in [-0.1, -0.05) is 17.7 Å². The van der Waals surface area contributed by atoms with Crippen LogP contribution in [-0.2, 0) is 0 Å². The lowest BCUT2D eigenvalue weighted by molar-refractivity contribution is 0.102. The number of halogens is 2. The minimum atomic E-state index is -0.651. The van der Waals surface area contributed by atoms with Crippen molar-refractivity contribution in [2.75, 3.05) is 17.7 Å². The molecule has 0 unspecified atom stereocenters. The Hall–Kier alpha value is -2.14. The predicted octanol–water partition coefficient (Wildman–Crippen LogP) is 3.48. The minimum absolute atomic E-state index is 0.0374. The maximum absolute atomic E-state index is 13.7. The summed E-state index contributed by atoms with van der Waals surface area (Å²) in [7, 11) is 1.71. The van der Waals surface area contributed by atoms with E-state index in [4.69, 9.17) is 11.6 Å². The fourth-order valence-electron chi connectivity index (χ4n) is 1.72. The molecule has 2 rings (SSSR count). The quantitative estimate of drug-likeness (QED) is 0.911. The van der Waals surface area contributed by atoms with Crippen molar-refractivity contribution in [1.29, 1.82) is 0 Å². The highest BCUT2D eigenvalue weighted by Crippen LogP contribution is 2.22. The molecule has 20 heavy (non-hydrogen) atoms. The van der Waals surface area contributed by atoms with Gasteiger partial charge in [0.25, 0.3) is 5.91 Å². The second kappa shape index (κ2) is 5.88. The Balaban J connectivity index is 2.28. The summed E-state index contributed by atoms with van der Waals surface area (Å²) in [6.45, 7) is 1.78. The summed E-state index contributed by atoms with van der Waals surface area (Å²) in [4.78, 5) is 16.3. The van der Waals surface area contributed by atoms with Gasteiger partial charge >= 0.3 is 0 Å². The first kappa shape index (κ1) is 14.3. The number of hydrogen-bond acceptors (Lipinski definition) is 3. The van der Waals surface area contributed by atoms with E-state index in [1.165, 1.54) is 12.1 Å². The molecule has 0 aliphatic heterocycles. The number of benzene rings is 1. The van der Waals surface area contributed by atoms with E-state index >= 15 is 0 Å². The van der Waals surface area contributed by atoms with Crippen LogP contribution in [0.2, 0.25) is 5.02 Å². The molecular formula is C14H13ClFN3O. The van der Waals surface area contributed by atoms with Crippen LogP contribution in [-0.4, -0.2) is 17.9 Å². The molecule has 0 radical (unpaired) electrons. The first-order valence-electron chi connectivity index (χ1n) is 5.93. The number of rotatable bonds is 3. The third-order valence-electron chi connectivity index (χ3n) is 2.67. The lowest BCUT2D eigenvalue weighted by atomic mass is 10.2. The third-order valence-corrected chi connectivity index (χ3v) is 2.96. The van der Waals surface area contributed by atoms with E-state index in [1.54, 1.807) is 32.2 Å². The van der Waals surface area contributed by atoms with Crippen molar-refractivity contribution < 1.29 is 9.18 Å². The van der Waals surface area contributed by atoms with E-state index in [1.807, 2.05) is 0 Å². The Morgan fingerprint density at radius 1 is 1.35 bits per heavy atom. The van der Waals surface area contributed by atoms with Crippen molar-refractivity contribution in [3.8, 4) is 0 Å². The molecule has 1 heterocycles. The fraction of sp³-hybridized carbons (Fsp3) is 0.143. The lowest BCUT2D eigenvalue weighted by Gasteiger charge is -2.09. The highest BCUT2D eigenvalue weighted by atomic mass is 35.5. The average molecular weight is 294 g/mol. The zero-order valence-electron chi connectivity index (χ0n) is 11.0. The summed E-state index contributed by atoms with van der Waals surface area (Å²) in [5.74, 6) is -0.503. The van der Waals surface area contributed by atoms with E-state index in [0.29, 0.717) is 17.1 Å². The third kappa shape index (κ3) is 3.05. The summed E-state index contributed by atoms with van der Waals surface area (Å²) in [6, 6.07) is 7.65. The highest BCUT2D eigenvalue weighted by molar-refractivity contribution is 6.31. The van der Waals surface area contributed by atoms with E-state index in [9.17, 15) is 9.18 Å². The number of carbonyl (C=O) groups excluding carboxylic acids is 1. The molecule has 1 amide bonds. The molecule has 2 aromatic rings. The molecule has 0 bridgehead atoms. The van der Waals surface area contributed by atoms with Gasteiger partial charge in [-0.15, -0.1) is 0 Å². The van der Waals surface area contributed by atoms with Gasteiger partial charge in [-0.05, 0) is 31.2 Å². The molecule has 0 aliphatic rings. The summed E-state index contributed by atoms with van der Waals surface area (Å²) in [6.07, 6.45) is 0. The van der Waals surface area contributed by atoms with Crippen LogP contribution in [0.4, 0.5) is 15.9 Å². The first-order chi connectivity index (χ1) is 9.51. The number of aromatic nitrogens is 1. The van der Waals surface area contributed by atoms with Crippen LogP contribution < -0.4 is 10.6 Å². The molecule has 0 aliphatic carbocycles. The molecule has 104 valence electrons. The molecule has 2 N–H and O–H groups in total. The number of nitrogens with one attached hydrogen (secondary N) is 2. The van der Waals surface area contributed by atoms with E-state index in [2.05, 4.69) is 15.6 Å². The van der Waals surface area contributed by atoms with Gasteiger partial charge < -0.3 is 10.6 Å². The molecule has 6 heteroatoms. The number of aryl methyl sites for hydroxylation is 1. The molecule has 1 aromatic carbocycles. The molecule has 0 fully saturated rings. The van der Waals surface area contributed by atoms with Crippen LogP contribution in [0.15, 0.2) is 30.3 Å². The van der Waals surface area contributed by atoms with Gasteiger partial charge in [0.05, 0.1) is 10.7 Å². The predicted molar refractivity (Wildman–Crippen MR) is 77.9 cm³/mol. The van der Waals surface area contributed by atoms with Crippen molar-refractivity contribution in [2.45, 2.75) is 6.92 Å². The zero-order chi connectivity index (χ0) is 14.7. The van der Waals surface area contributed by atoms with Crippen LogP contribution in [0.1, 0.15) is 16.1 Å². The second-order valence-electron chi connectivity index (χ2n) is 4.19. The number of carbonyl (C=O) groups is 1. The summed E-state index contributed by atoms with van der Waals surface area (Å²) in [5.41, 5.74) is 1.12. The number of anilines is 2. The highest BCUT2D eigenvalue weighted by Gasteiger charge is 2.12. The molecule has 0 atom stereocenters. The van der Waals surface area contributed by atoms with Crippen LogP contribution >= 0.6 is 11.6 Å². The van der Waals surface area contributed by atoms with E-state index in [0.717, 1.165) is 0 Å². The lowest BCUT2D eigenvalue weighted by Crippen LogP contribution is -2.14. The number of nitrogens with zero attached hydrogens (tertiary/aromatic N) is 1. The average Bonchev–Trinajstić information content (AvgIpc) is 2.43. The second-order valence-corrected chi connectivity index (χ2v) is 4.60. The van der Waals surface area contributed by atoms with Gasteiger partial charge in [-0.3, -0.25) is 4.79 Å². The Labute approximate surface area is 121 Å². The van der Waals surface area contributed by atoms with Gasteiger partial charge in [0.15, 0.2) is 5.82 Å². The smallest absolute Gasteiger partial charge is 0.255 e. The van der Waals surface area contributed by atoms with Gasteiger partial charge in [0.1, 0.15) is 5.82 Å². The summed E-state index contributed by atoms with van der Waals surface area (Å²) in [5, 5.41) is 5.32. The van der Waals surface area contributed by atoms with Gasteiger partial charge in [-0.2, -0.15) is 0 Å².